The van der Waals surface area contributed by atoms with Crippen molar-refractivity contribution < 1.29 is 49.1 Å². The molecule has 0 radical (unpaired) electrons. The van der Waals surface area contributed by atoms with Crippen molar-refractivity contribution in [3.05, 3.63) is 21.1 Å². The number of hydrogen-bond acceptors (Lipinski definition) is 4. The van der Waals surface area contributed by atoms with E-state index in [1.165, 1.54) is 0 Å². The predicted molar refractivity (Wildman–Crippen MR) is 106 cm³/mol. The zero-order chi connectivity index (χ0) is 19.5. The van der Waals surface area contributed by atoms with Crippen LogP contribution < -0.4 is 0 Å². The summed E-state index contributed by atoms with van der Waals surface area (Å²) >= 11 is 1.48. The van der Waals surface area contributed by atoms with Gasteiger partial charge in [-0.25, -0.2) is 0 Å². The van der Waals surface area contributed by atoms with Gasteiger partial charge in [0.1, 0.15) is 0 Å². The van der Waals surface area contributed by atoms with Crippen LogP contribution in [0.2, 0.25) is 8.86 Å². The summed E-state index contributed by atoms with van der Waals surface area (Å²) in [6.45, 7) is 13.3. The monoisotopic (exact) mass is 760 g/mol. The summed E-state index contributed by atoms with van der Waals surface area (Å²) in [7, 11) is 0. The molecule has 0 saturated carbocycles. The van der Waals surface area contributed by atoms with Gasteiger partial charge in [-0.3, -0.25) is 0 Å². The molecule has 0 amide bonds. The third-order valence-corrected chi connectivity index (χ3v) is 9.82. The first-order valence-electron chi connectivity index (χ1n) is 9.08. The van der Waals surface area contributed by atoms with Crippen LogP contribution in [0, 0.1) is 18.7 Å². The van der Waals surface area contributed by atoms with Crippen LogP contribution in [0.3, 0.4) is 0 Å². The van der Waals surface area contributed by atoms with E-state index in [-0.39, 0.29) is 10.8 Å². The Morgan fingerprint density at radius 1 is 0.692 bits per heavy atom. The van der Waals surface area contributed by atoms with Crippen LogP contribution in [0.1, 0.15) is 62.7 Å². The van der Waals surface area contributed by atoms with Gasteiger partial charge < -0.3 is 0 Å². The Morgan fingerprint density at radius 2 is 1.04 bits per heavy atom. The standard InChI is InChI=1S/C18H18N2S2.2CH3.2Hg/c1-9-11-13(17(3,4)5)19-15(21-11)16-20-14(18(6,7)8)12(10-2)22-16;;;;/h3-8H3;2*1H3;;. The fourth-order valence-corrected chi connectivity index (χ4v) is 8.41. The van der Waals surface area contributed by atoms with Gasteiger partial charge in [0.15, 0.2) is 0 Å². The summed E-state index contributed by atoms with van der Waals surface area (Å²) in [5.74, 6) is 6.82. The summed E-state index contributed by atoms with van der Waals surface area (Å²) in [5, 5.41) is 1.99. The van der Waals surface area contributed by atoms with E-state index in [0.29, 0.717) is 0 Å². The van der Waals surface area contributed by atoms with Crippen molar-refractivity contribution in [2.24, 2.45) is 0 Å². The fourth-order valence-electron chi connectivity index (χ4n) is 2.35. The number of rotatable bonds is 1. The maximum absolute atomic E-state index is 4.98. The Bertz CT molecular complexity index is 828. The quantitative estimate of drug-likeness (QED) is 0.274. The summed E-state index contributed by atoms with van der Waals surface area (Å²) in [6.07, 6.45) is 0. The summed E-state index contributed by atoms with van der Waals surface area (Å²) in [6, 6.07) is 0. The van der Waals surface area contributed by atoms with Crippen LogP contribution in [0.5, 0.6) is 0 Å². The Hall–Kier alpha value is 0.250. The Kier molecular flexibility index (Phi) is 7.95. The first kappa shape index (κ1) is 22.5. The van der Waals surface area contributed by atoms with Crippen molar-refractivity contribution in [1.29, 1.82) is 0 Å². The number of aromatic nitrogens is 2. The molecule has 2 nitrogen and oxygen atoms in total. The van der Waals surface area contributed by atoms with Gasteiger partial charge in [0.25, 0.3) is 0 Å². The molecule has 0 saturated heterocycles. The van der Waals surface area contributed by atoms with E-state index in [0.717, 1.165) is 31.2 Å². The van der Waals surface area contributed by atoms with Crippen LogP contribution >= 0.6 is 22.7 Å². The van der Waals surface area contributed by atoms with Crippen LogP contribution in [0.25, 0.3) is 10.0 Å². The first-order chi connectivity index (χ1) is 12.1. The predicted octanol–water partition coefficient (Wildman–Crippen LogP) is 5.74. The van der Waals surface area contributed by atoms with Crippen LogP contribution in [-0.4, -0.2) is 9.97 Å². The van der Waals surface area contributed by atoms with Gasteiger partial charge in [-0.2, -0.15) is 0 Å². The molecular formula is C20H24Hg2N2S2. The Labute approximate surface area is 190 Å². The molecule has 2 aromatic heterocycles. The van der Waals surface area contributed by atoms with Crippen molar-refractivity contribution in [2.75, 3.05) is 0 Å². The molecule has 2 rings (SSSR count). The normalized spacial score (nSPS) is 10.9. The molecule has 0 spiro atoms. The zero-order valence-electron chi connectivity index (χ0n) is 17.1. The third kappa shape index (κ3) is 5.63. The van der Waals surface area contributed by atoms with Crippen molar-refractivity contribution in [2.45, 2.75) is 61.2 Å². The summed E-state index contributed by atoms with van der Waals surface area (Å²) in [4.78, 5) is 12.2. The molecule has 0 aromatic carbocycles. The minimum absolute atomic E-state index is 0.00663. The van der Waals surface area contributed by atoms with Crippen molar-refractivity contribution in [3.8, 4) is 28.7 Å². The minimum atomic E-state index is -0.961. The Balaban J connectivity index is 2.62. The van der Waals surface area contributed by atoms with Gasteiger partial charge in [-0.1, -0.05) is 0 Å². The molecule has 0 unspecified atom stereocenters. The summed E-state index contributed by atoms with van der Waals surface area (Å²) < 4.78 is 11.4. The molecule has 26 heavy (non-hydrogen) atoms. The van der Waals surface area contributed by atoms with Gasteiger partial charge in [-0.05, 0) is 0 Å². The van der Waals surface area contributed by atoms with Crippen LogP contribution in [0.15, 0.2) is 0 Å². The second kappa shape index (κ2) is 9.17. The van der Waals surface area contributed by atoms with Gasteiger partial charge >= 0.3 is 193 Å². The molecular weight excluding hydrogens is 734 g/mol. The van der Waals surface area contributed by atoms with Gasteiger partial charge in [-0.15, -0.1) is 0 Å². The average molecular weight is 758 g/mol. The van der Waals surface area contributed by atoms with E-state index < -0.39 is 49.1 Å². The maximum atomic E-state index is 4.98. The van der Waals surface area contributed by atoms with E-state index in [1.54, 1.807) is 22.7 Å². The molecule has 130 valence electrons. The van der Waals surface area contributed by atoms with E-state index in [2.05, 4.69) is 69.1 Å². The first-order valence-corrected chi connectivity index (χ1v) is 27.2. The molecule has 2 heterocycles. The molecule has 0 aliphatic carbocycles. The molecule has 0 aliphatic heterocycles. The van der Waals surface area contributed by atoms with Crippen molar-refractivity contribution in [1.82, 2.24) is 9.97 Å². The zero-order valence-corrected chi connectivity index (χ0v) is 29.8. The van der Waals surface area contributed by atoms with Gasteiger partial charge in [0.05, 0.1) is 0 Å². The van der Waals surface area contributed by atoms with Crippen molar-refractivity contribution >= 4 is 22.7 Å². The molecule has 6 heteroatoms. The third-order valence-electron chi connectivity index (χ3n) is 3.62. The average Bonchev–Trinajstić information content (AvgIpc) is 3.14. The topological polar surface area (TPSA) is 25.8 Å². The molecule has 0 atom stereocenters. The fraction of sp³-hybridized carbons (Fsp3) is 0.500. The van der Waals surface area contributed by atoms with Gasteiger partial charge in [0, 0.05) is 0 Å². The van der Waals surface area contributed by atoms with E-state index >= 15 is 0 Å². The number of thiazole rings is 2. The van der Waals surface area contributed by atoms with Crippen LogP contribution in [-0.2, 0) is 60.0 Å². The number of nitrogens with zero attached hydrogens (tertiary/aromatic N) is 2. The molecule has 0 bridgehead atoms. The summed E-state index contributed by atoms with van der Waals surface area (Å²) in [5.41, 5.74) is 2.20. The second-order valence-corrected chi connectivity index (χ2v) is 18.4. The number of hydrogen-bond donors (Lipinski definition) is 0. The molecule has 0 N–H and O–H groups in total. The van der Waals surface area contributed by atoms with E-state index in [4.69, 9.17) is 9.97 Å². The SMILES string of the molecule is [CH3][Hg][C]#Cc1sc(-c2nc(C(C)(C)C)c(C#[C][Hg][CH3])s2)nc1C(C)(C)C. The second-order valence-electron chi connectivity index (χ2n) is 8.20. The van der Waals surface area contributed by atoms with E-state index in [9.17, 15) is 0 Å². The van der Waals surface area contributed by atoms with E-state index in [1.807, 2.05) is 0 Å². The molecule has 2 aromatic rings. The van der Waals surface area contributed by atoms with Crippen LogP contribution in [0.4, 0.5) is 0 Å². The van der Waals surface area contributed by atoms with Crippen molar-refractivity contribution in [3.63, 3.8) is 0 Å². The molecule has 0 aliphatic rings. The Morgan fingerprint density at radius 3 is 1.31 bits per heavy atom. The molecule has 0 fully saturated rings. The van der Waals surface area contributed by atoms with Gasteiger partial charge in [0.2, 0.25) is 0 Å².